The van der Waals surface area contributed by atoms with E-state index in [2.05, 4.69) is 0 Å². The maximum Gasteiger partial charge on any atom is 4.00 e. The van der Waals surface area contributed by atoms with E-state index in [9.17, 15) is 37.8 Å². The first-order valence-electron chi connectivity index (χ1n) is 17.6. The Morgan fingerprint density at radius 3 is 0.444 bits per heavy atom. The minimum atomic E-state index is -2.98. The van der Waals surface area contributed by atoms with Crippen LogP contribution in [0.4, 0.5) is 0 Å². The van der Waals surface area contributed by atoms with Gasteiger partial charge in [-0.1, -0.05) is 107 Å². The van der Waals surface area contributed by atoms with Gasteiger partial charge in [-0.25, -0.2) is 0 Å². The first-order chi connectivity index (χ1) is 20.5. The van der Waals surface area contributed by atoms with Gasteiger partial charge in [-0.15, -0.1) is 0 Å². The molecule has 0 aromatic heterocycles. The predicted molar refractivity (Wildman–Crippen MR) is 194 cm³/mol. The van der Waals surface area contributed by atoms with Gasteiger partial charge in [0.05, 0.1) is 0 Å². The van der Waals surface area contributed by atoms with Crippen molar-refractivity contribution in [3.8, 4) is 0 Å². The third kappa shape index (κ3) is 50.0. The van der Waals surface area contributed by atoms with Crippen molar-refractivity contribution in [2.45, 2.75) is 158 Å². The number of hydrogen-bond donors (Lipinski definition) is 0. The predicted octanol–water partition coefficient (Wildman–Crippen LogP) is 8.52. The van der Waals surface area contributed by atoms with E-state index in [4.69, 9.17) is 0 Å². The molecule has 8 nitrogen and oxygen atoms in total. The Labute approximate surface area is 297 Å². The van der Waals surface area contributed by atoms with Crippen molar-refractivity contribution >= 4 is 53.4 Å². The Morgan fingerprint density at radius 1 is 0.289 bits per heavy atom. The Hall–Kier alpha value is 1.56. The SMILES string of the molecule is CCCCP(=O)([O-])CCCC.CCCCP(=O)([O-])CCCC.CCCCP(=O)([O-])CCCC.CCCCP(=O)([O-])CCCC.[Sn+4]. The zero-order valence-corrected chi connectivity index (χ0v) is 37.0. The molecule has 0 fully saturated rings. The molecule has 0 rings (SSSR count). The Bertz CT molecular complexity index is 623. The number of unbranched alkanes of at least 4 members (excludes halogenated alkanes) is 8. The largest absolute Gasteiger partial charge is 4.00 e. The fourth-order valence-corrected chi connectivity index (χ4v) is 10.9. The molecule has 45 heavy (non-hydrogen) atoms. The van der Waals surface area contributed by atoms with E-state index in [0.717, 1.165) is 103 Å². The molecule has 0 radical (unpaired) electrons. The molecule has 0 aromatic carbocycles. The average Bonchev–Trinajstić information content (AvgIpc) is 2.98. The van der Waals surface area contributed by atoms with E-state index < -0.39 is 29.5 Å². The summed E-state index contributed by atoms with van der Waals surface area (Å²) in [6.07, 6.45) is 17.6. The Kier molecular flexibility index (Phi) is 45.8. The van der Waals surface area contributed by atoms with E-state index in [1.54, 1.807) is 0 Å². The second-order valence-corrected chi connectivity index (χ2v) is 22.0. The molecule has 0 N–H and O–H groups in total. The molecule has 13 heteroatoms. The average molecular weight is 828 g/mol. The van der Waals surface area contributed by atoms with Crippen molar-refractivity contribution in [1.82, 2.24) is 0 Å². The summed E-state index contributed by atoms with van der Waals surface area (Å²) in [6.45, 7) is 16.1. The van der Waals surface area contributed by atoms with Crippen LogP contribution in [0.25, 0.3) is 0 Å². The molecule has 0 saturated carbocycles. The molecule has 0 amide bonds. The molecule has 0 saturated heterocycles. The van der Waals surface area contributed by atoms with Gasteiger partial charge in [0.1, 0.15) is 0 Å². The smallest absolute Gasteiger partial charge is 0.799 e. The van der Waals surface area contributed by atoms with Crippen LogP contribution in [0, 0.1) is 0 Å². The molecule has 0 atom stereocenters. The summed E-state index contributed by atoms with van der Waals surface area (Å²) in [5.74, 6) is 0. The van der Waals surface area contributed by atoms with Crippen LogP contribution in [-0.2, 0) is 18.3 Å². The fourth-order valence-electron chi connectivity index (χ4n) is 3.64. The number of hydrogen-bond acceptors (Lipinski definition) is 8. The van der Waals surface area contributed by atoms with Gasteiger partial charge in [0.15, 0.2) is 0 Å². The molecule has 0 aliphatic heterocycles. The molecule has 272 valence electrons. The fraction of sp³-hybridized carbons (Fsp3) is 1.00. The number of rotatable bonds is 24. The van der Waals surface area contributed by atoms with Crippen LogP contribution in [0.3, 0.4) is 0 Å². The van der Waals surface area contributed by atoms with E-state index in [1.807, 2.05) is 55.4 Å². The van der Waals surface area contributed by atoms with Crippen molar-refractivity contribution in [2.75, 3.05) is 49.3 Å². The standard InChI is InChI=1S/4C8H19O2P.Sn/c4*1-3-5-7-11(9,10)8-6-4-2;/h4*3-8H2,1-2H3,(H,9,10);/q;;;;+4/p-4. The molecule has 0 unspecified atom stereocenters. The Morgan fingerprint density at radius 2 is 0.378 bits per heavy atom. The zero-order valence-electron chi connectivity index (χ0n) is 30.5. The summed E-state index contributed by atoms with van der Waals surface area (Å²) in [5, 5.41) is 0. The molecule has 0 aromatic rings. The van der Waals surface area contributed by atoms with Crippen LogP contribution in [0.5, 0.6) is 0 Å². The van der Waals surface area contributed by atoms with Gasteiger partial charge in [-0.3, -0.25) is 0 Å². The maximum atomic E-state index is 11.2. The van der Waals surface area contributed by atoms with Crippen LogP contribution in [0.15, 0.2) is 0 Å². The molecule has 0 aliphatic carbocycles. The van der Waals surface area contributed by atoms with Crippen molar-refractivity contribution < 1.29 is 37.8 Å². The Balaban J connectivity index is -0.000000157. The van der Waals surface area contributed by atoms with Gasteiger partial charge in [-0.2, -0.15) is 0 Å². The van der Waals surface area contributed by atoms with Gasteiger partial charge >= 0.3 is 23.9 Å². The van der Waals surface area contributed by atoms with Crippen LogP contribution in [0.2, 0.25) is 0 Å². The summed E-state index contributed by atoms with van der Waals surface area (Å²) >= 11 is 0. The van der Waals surface area contributed by atoms with E-state index in [-0.39, 0.29) is 23.9 Å². The molecule has 0 heterocycles. The molecule has 0 spiro atoms. The minimum Gasteiger partial charge on any atom is -0.799 e. The molecular formula is C32H72O8P4Sn. The quantitative estimate of drug-likeness (QED) is 0.0692. The van der Waals surface area contributed by atoms with Crippen LogP contribution in [0.1, 0.15) is 158 Å². The van der Waals surface area contributed by atoms with Gasteiger partial charge in [0.2, 0.25) is 0 Å². The van der Waals surface area contributed by atoms with E-state index in [1.165, 1.54) is 0 Å². The van der Waals surface area contributed by atoms with E-state index >= 15 is 0 Å². The zero-order chi connectivity index (χ0) is 35.0. The van der Waals surface area contributed by atoms with Crippen molar-refractivity contribution in [3.63, 3.8) is 0 Å². The first-order valence-corrected chi connectivity index (χ1v) is 25.6. The normalized spacial score (nSPS) is 11.6. The van der Waals surface area contributed by atoms with Crippen LogP contribution in [-0.4, -0.2) is 73.2 Å². The summed E-state index contributed by atoms with van der Waals surface area (Å²) < 4.78 is 44.7. The minimum absolute atomic E-state index is 0. The molecular weight excluding hydrogens is 755 g/mol. The summed E-state index contributed by atoms with van der Waals surface area (Å²) in [4.78, 5) is 44.7. The van der Waals surface area contributed by atoms with Gasteiger partial charge in [-0.05, 0) is 101 Å². The maximum absolute atomic E-state index is 11.2. The van der Waals surface area contributed by atoms with Crippen molar-refractivity contribution in [1.29, 1.82) is 0 Å². The van der Waals surface area contributed by atoms with Crippen molar-refractivity contribution in [2.24, 2.45) is 0 Å². The second kappa shape index (κ2) is 36.8. The monoisotopic (exact) mass is 828 g/mol. The third-order valence-corrected chi connectivity index (χ3v) is 14.8. The topological polar surface area (TPSA) is 161 Å². The molecule has 0 aliphatic rings. The van der Waals surface area contributed by atoms with Crippen molar-refractivity contribution in [3.05, 3.63) is 0 Å². The van der Waals surface area contributed by atoms with E-state index in [0.29, 0.717) is 49.3 Å². The van der Waals surface area contributed by atoms with Crippen LogP contribution >= 0.6 is 29.5 Å². The summed E-state index contributed by atoms with van der Waals surface area (Å²) in [6, 6.07) is 0. The van der Waals surface area contributed by atoms with Crippen LogP contribution < -0.4 is 19.6 Å². The molecule has 0 bridgehead atoms. The summed E-state index contributed by atoms with van der Waals surface area (Å²) in [7, 11) is -11.9. The first kappa shape index (κ1) is 56.0. The third-order valence-electron chi connectivity index (χ3n) is 6.82. The second-order valence-electron chi connectivity index (χ2n) is 11.9. The summed E-state index contributed by atoms with van der Waals surface area (Å²) in [5.41, 5.74) is 0. The van der Waals surface area contributed by atoms with Gasteiger partial charge in [0, 0.05) is 29.5 Å². The van der Waals surface area contributed by atoms with Gasteiger partial charge in [0.25, 0.3) is 0 Å². The van der Waals surface area contributed by atoms with Gasteiger partial charge < -0.3 is 37.8 Å².